The van der Waals surface area contributed by atoms with Gasteiger partial charge in [-0.1, -0.05) is 44.2 Å². The lowest BCUT2D eigenvalue weighted by Crippen LogP contribution is -2.23. The van der Waals surface area contributed by atoms with Crippen LogP contribution in [0.1, 0.15) is 29.8 Å². The van der Waals surface area contributed by atoms with Crippen LogP contribution in [0.25, 0.3) is 0 Å². The lowest BCUT2D eigenvalue weighted by Gasteiger charge is -2.11. The smallest absolute Gasteiger partial charge is 0.251 e. The topological polar surface area (TPSA) is 79.5 Å². The summed E-state index contributed by atoms with van der Waals surface area (Å²) in [6.07, 6.45) is 0. The molecule has 0 heterocycles. The molecule has 166 valence electrons. The monoisotopic (exact) mass is 431 g/mol. The number of rotatable bonds is 10. The molecule has 3 rings (SSSR count). The van der Waals surface area contributed by atoms with E-state index >= 15 is 0 Å². The first-order valence-corrected chi connectivity index (χ1v) is 10.7. The van der Waals surface area contributed by atoms with E-state index in [4.69, 9.17) is 4.74 Å². The van der Waals surface area contributed by atoms with Gasteiger partial charge in [0, 0.05) is 23.5 Å². The van der Waals surface area contributed by atoms with Gasteiger partial charge in [-0.15, -0.1) is 0 Å². The van der Waals surface area contributed by atoms with Crippen LogP contribution in [-0.4, -0.2) is 25.0 Å². The molecule has 3 aromatic carbocycles. The van der Waals surface area contributed by atoms with Crippen molar-refractivity contribution in [3.63, 3.8) is 0 Å². The van der Waals surface area contributed by atoms with Crippen molar-refractivity contribution in [1.82, 2.24) is 5.32 Å². The van der Waals surface area contributed by atoms with Crippen molar-refractivity contribution in [3.05, 3.63) is 90.0 Å². The van der Waals surface area contributed by atoms with Crippen LogP contribution in [0.15, 0.2) is 78.9 Å². The third-order valence-corrected chi connectivity index (χ3v) is 4.62. The van der Waals surface area contributed by atoms with Crippen LogP contribution in [-0.2, 0) is 11.3 Å². The van der Waals surface area contributed by atoms with Crippen LogP contribution in [0.4, 0.5) is 11.4 Å². The average Bonchev–Trinajstić information content (AvgIpc) is 2.81. The van der Waals surface area contributed by atoms with Gasteiger partial charge in [0.15, 0.2) is 0 Å². The summed E-state index contributed by atoms with van der Waals surface area (Å²) in [6, 6.07) is 24.1. The zero-order valence-electron chi connectivity index (χ0n) is 18.4. The van der Waals surface area contributed by atoms with Crippen LogP contribution in [0.2, 0.25) is 0 Å². The molecule has 0 saturated carbocycles. The zero-order chi connectivity index (χ0) is 22.8. The van der Waals surface area contributed by atoms with Crippen LogP contribution in [0.3, 0.4) is 0 Å². The Hall–Kier alpha value is -3.80. The third-order valence-electron chi connectivity index (χ3n) is 4.62. The Morgan fingerprint density at radius 1 is 0.844 bits per heavy atom. The molecular formula is C26H29N3O3. The van der Waals surface area contributed by atoms with E-state index in [-0.39, 0.29) is 18.4 Å². The van der Waals surface area contributed by atoms with Crippen molar-refractivity contribution < 1.29 is 14.3 Å². The Morgan fingerprint density at radius 3 is 2.16 bits per heavy atom. The summed E-state index contributed by atoms with van der Waals surface area (Å²) >= 11 is 0. The van der Waals surface area contributed by atoms with Crippen LogP contribution >= 0.6 is 0 Å². The second-order valence-corrected chi connectivity index (χ2v) is 7.88. The van der Waals surface area contributed by atoms with E-state index < -0.39 is 0 Å². The van der Waals surface area contributed by atoms with Crippen molar-refractivity contribution in [2.75, 3.05) is 23.8 Å². The fourth-order valence-electron chi connectivity index (χ4n) is 2.90. The highest BCUT2D eigenvalue weighted by molar-refractivity contribution is 5.96. The van der Waals surface area contributed by atoms with E-state index in [1.807, 2.05) is 54.6 Å². The predicted molar refractivity (Wildman–Crippen MR) is 128 cm³/mol. The molecule has 3 aromatic rings. The highest BCUT2D eigenvalue weighted by Gasteiger charge is 2.07. The number of nitrogens with one attached hydrogen (secondary N) is 3. The van der Waals surface area contributed by atoms with Crippen molar-refractivity contribution in [3.8, 4) is 5.75 Å². The number of carbonyl (C=O) groups is 2. The van der Waals surface area contributed by atoms with Crippen LogP contribution in [0, 0.1) is 5.92 Å². The van der Waals surface area contributed by atoms with Gasteiger partial charge in [-0.3, -0.25) is 9.59 Å². The summed E-state index contributed by atoms with van der Waals surface area (Å²) in [7, 11) is 0. The highest BCUT2D eigenvalue weighted by atomic mass is 16.5. The maximum atomic E-state index is 12.3. The summed E-state index contributed by atoms with van der Waals surface area (Å²) in [5, 5.41) is 8.80. The minimum absolute atomic E-state index is 0.130. The summed E-state index contributed by atoms with van der Waals surface area (Å²) in [6.45, 7) is 5.47. The number of amides is 2. The van der Waals surface area contributed by atoms with Gasteiger partial charge in [-0.25, -0.2) is 0 Å². The quantitative estimate of drug-likeness (QED) is 0.435. The molecule has 0 bridgehead atoms. The highest BCUT2D eigenvalue weighted by Crippen LogP contribution is 2.16. The molecule has 0 aromatic heterocycles. The SMILES string of the molecule is CC(C)COc1ccc(NCC(=O)Nc2ccc(C(=O)NCc3ccccc3)cc2)cc1. The van der Waals surface area contributed by atoms with E-state index in [1.165, 1.54) is 0 Å². The number of ether oxygens (including phenoxy) is 1. The van der Waals surface area contributed by atoms with Crippen molar-refractivity contribution in [2.45, 2.75) is 20.4 Å². The minimum atomic E-state index is -0.175. The Bertz CT molecular complexity index is 1000. The lowest BCUT2D eigenvalue weighted by molar-refractivity contribution is -0.114. The molecule has 0 radical (unpaired) electrons. The minimum Gasteiger partial charge on any atom is -0.493 e. The van der Waals surface area contributed by atoms with Gasteiger partial charge < -0.3 is 20.7 Å². The fourth-order valence-corrected chi connectivity index (χ4v) is 2.90. The first-order valence-electron chi connectivity index (χ1n) is 10.7. The van der Waals surface area contributed by atoms with E-state index in [1.54, 1.807) is 24.3 Å². The largest absolute Gasteiger partial charge is 0.493 e. The molecule has 0 aliphatic rings. The number of benzene rings is 3. The lowest BCUT2D eigenvalue weighted by atomic mass is 10.1. The number of hydrogen-bond acceptors (Lipinski definition) is 4. The average molecular weight is 432 g/mol. The van der Waals surface area contributed by atoms with Crippen molar-refractivity contribution in [2.24, 2.45) is 5.92 Å². The molecule has 6 nitrogen and oxygen atoms in total. The van der Waals surface area contributed by atoms with E-state index in [0.717, 1.165) is 17.0 Å². The summed E-state index contributed by atoms with van der Waals surface area (Å²) in [4.78, 5) is 24.5. The van der Waals surface area contributed by atoms with Gasteiger partial charge in [-0.05, 0) is 60.0 Å². The van der Waals surface area contributed by atoms with Crippen LogP contribution in [0.5, 0.6) is 5.75 Å². The predicted octanol–water partition coefficient (Wildman–Crippen LogP) is 4.70. The van der Waals surface area contributed by atoms with Gasteiger partial charge in [0.1, 0.15) is 5.75 Å². The zero-order valence-corrected chi connectivity index (χ0v) is 18.4. The van der Waals surface area contributed by atoms with Crippen molar-refractivity contribution >= 4 is 23.2 Å². The molecule has 0 aliphatic carbocycles. The maximum Gasteiger partial charge on any atom is 0.251 e. The number of anilines is 2. The van der Waals surface area contributed by atoms with E-state index in [0.29, 0.717) is 30.3 Å². The second kappa shape index (κ2) is 11.6. The van der Waals surface area contributed by atoms with Gasteiger partial charge in [0.25, 0.3) is 5.91 Å². The second-order valence-electron chi connectivity index (χ2n) is 7.88. The Kier molecular flexibility index (Phi) is 8.26. The van der Waals surface area contributed by atoms with E-state index in [9.17, 15) is 9.59 Å². The molecule has 0 unspecified atom stereocenters. The van der Waals surface area contributed by atoms with Gasteiger partial charge in [-0.2, -0.15) is 0 Å². The first kappa shape index (κ1) is 22.9. The molecule has 0 aliphatic heterocycles. The van der Waals surface area contributed by atoms with Gasteiger partial charge >= 0.3 is 0 Å². The van der Waals surface area contributed by atoms with Crippen molar-refractivity contribution in [1.29, 1.82) is 0 Å². The Balaban J connectivity index is 1.42. The summed E-state index contributed by atoms with van der Waals surface area (Å²) in [5.74, 6) is 0.941. The van der Waals surface area contributed by atoms with Gasteiger partial charge in [0.2, 0.25) is 5.91 Å². The summed E-state index contributed by atoms with van der Waals surface area (Å²) < 4.78 is 5.66. The molecular weight excluding hydrogens is 402 g/mol. The molecule has 0 fully saturated rings. The third kappa shape index (κ3) is 7.47. The molecule has 32 heavy (non-hydrogen) atoms. The molecule has 2 amide bonds. The standard InChI is InChI=1S/C26H29N3O3/c1-19(2)18-32-24-14-12-22(13-15-24)27-17-25(30)29-23-10-8-21(9-11-23)26(31)28-16-20-6-4-3-5-7-20/h3-15,19,27H,16-18H2,1-2H3,(H,28,31)(H,29,30). The molecule has 0 atom stereocenters. The molecule has 0 saturated heterocycles. The van der Waals surface area contributed by atoms with Crippen LogP contribution < -0.4 is 20.7 Å². The molecule has 0 spiro atoms. The summed E-state index contributed by atoms with van der Waals surface area (Å²) in [5.41, 5.74) is 3.04. The first-order chi connectivity index (χ1) is 15.5. The molecule has 6 heteroatoms. The Labute approximate surface area is 189 Å². The number of carbonyl (C=O) groups excluding carboxylic acids is 2. The maximum absolute atomic E-state index is 12.3. The van der Waals surface area contributed by atoms with E-state index in [2.05, 4.69) is 29.8 Å². The fraction of sp³-hybridized carbons (Fsp3) is 0.231. The molecule has 3 N–H and O–H groups in total. The normalized spacial score (nSPS) is 10.5. The Morgan fingerprint density at radius 2 is 1.50 bits per heavy atom. The van der Waals surface area contributed by atoms with Gasteiger partial charge in [0.05, 0.1) is 13.2 Å². The number of hydrogen-bond donors (Lipinski definition) is 3.